The normalized spacial score (nSPS) is 31.9. The van der Waals surface area contributed by atoms with Gasteiger partial charge in [-0.25, -0.2) is 0 Å². The number of carbonyl (C=O) groups is 2. The van der Waals surface area contributed by atoms with Crippen LogP contribution in [0.5, 0.6) is 0 Å². The third-order valence-corrected chi connectivity index (χ3v) is 3.59. The topological polar surface area (TPSA) is 52.6 Å². The minimum atomic E-state index is -0.415. The molecule has 0 radical (unpaired) electrons. The molecule has 1 saturated heterocycles. The van der Waals surface area contributed by atoms with Crippen LogP contribution in [0.1, 0.15) is 12.8 Å². The zero-order chi connectivity index (χ0) is 12.4. The van der Waals surface area contributed by atoms with Crippen molar-refractivity contribution in [2.75, 3.05) is 13.7 Å². The van der Waals surface area contributed by atoms with Gasteiger partial charge < -0.3 is 9.47 Å². The molecule has 0 N–H and O–H groups in total. The van der Waals surface area contributed by atoms with Crippen LogP contribution >= 0.6 is 0 Å². The van der Waals surface area contributed by atoms with Gasteiger partial charge in [0.1, 0.15) is 0 Å². The number of rotatable bonds is 2. The molecule has 4 heteroatoms. The zero-order valence-electron chi connectivity index (χ0n) is 9.85. The van der Waals surface area contributed by atoms with Crippen molar-refractivity contribution in [3.05, 3.63) is 24.3 Å². The molecule has 0 unspecified atom stereocenters. The van der Waals surface area contributed by atoms with Crippen LogP contribution in [0.4, 0.5) is 0 Å². The molecular weight excluding hydrogens is 220 g/mol. The van der Waals surface area contributed by atoms with Crippen molar-refractivity contribution in [1.29, 1.82) is 0 Å². The number of esters is 2. The lowest BCUT2D eigenvalue weighted by molar-refractivity contribution is -0.166. The Labute approximate surface area is 100 Å². The predicted octanol–water partition coefficient (Wildman–Crippen LogP) is 1.47. The Balaban J connectivity index is 2.32. The number of cyclic esters (lactones) is 1. The Bertz CT molecular complexity index is 383. The van der Waals surface area contributed by atoms with Gasteiger partial charge in [-0.3, -0.25) is 9.59 Å². The monoisotopic (exact) mass is 236 g/mol. The van der Waals surface area contributed by atoms with Gasteiger partial charge in [0.2, 0.25) is 0 Å². The summed E-state index contributed by atoms with van der Waals surface area (Å²) in [7, 11) is 1.35. The summed E-state index contributed by atoms with van der Waals surface area (Å²) in [4.78, 5) is 23.5. The molecule has 1 aliphatic heterocycles. The molecule has 0 saturated carbocycles. The third-order valence-electron chi connectivity index (χ3n) is 3.59. The van der Waals surface area contributed by atoms with Gasteiger partial charge in [0.15, 0.2) is 0 Å². The third kappa shape index (κ3) is 1.99. The molecule has 1 heterocycles. The fraction of sp³-hybridized carbons (Fsp3) is 0.538. The van der Waals surface area contributed by atoms with Crippen LogP contribution < -0.4 is 0 Å². The van der Waals surface area contributed by atoms with Gasteiger partial charge >= 0.3 is 11.9 Å². The van der Waals surface area contributed by atoms with Crippen molar-refractivity contribution in [3.63, 3.8) is 0 Å². The smallest absolute Gasteiger partial charge is 0.310 e. The maximum atomic E-state index is 11.8. The van der Waals surface area contributed by atoms with E-state index in [2.05, 4.69) is 6.58 Å². The highest BCUT2D eigenvalue weighted by Crippen LogP contribution is 2.41. The molecular formula is C13H16O4. The van der Waals surface area contributed by atoms with E-state index >= 15 is 0 Å². The minimum Gasteiger partial charge on any atom is -0.469 e. The van der Waals surface area contributed by atoms with Gasteiger partial charge in [0, 0.05) is 5.92 Å². The van der Waals surface area contributed by atoms with Crippen molar-refractivity contribution in [2.45, 2.75) is 12.8 Å². The molecule has 92 valence electrons. The van der Waals surface area contributed by atoms with Crippen LogP contribution in [0.2, 0.25) is 0 Å². The zero-order valence-corrected chi connectivity index (χ0v) is 9.85. The second-order valence-electron chi connectivity index (χ2n) is 4.36. The van der Waals surface area contributed by atoms with E-state index in [9.17, 15) is 9.59 Å². The van der Waals surface area contributed by atoms with E-state index in [1.165, 1.54) is 7.11 Å². The Morgan fingerprint density at radius 3 is 3.06 bits per heavy atom. The van der Waals surface area contributed by atoms with E-state index in [0.717, 1.165) is 12.0 Å². The van der Waals surface area contributed by atoms with E-state index in [1.54, 1.807) is 6.08 Å². The highest BCUT2D eigenvalue weighted by atomic mass is 16.5. The molecule has 0 aromatic carbocycles. The number of methoxy groups -OCH3 is 1. The molecule has 0 bridgehead atoms. The van der Waals surface area contributed by atoms with Crippen LogP contribution in [0, 0.1) is 17.8 Å². The summed E-state index contributed by atoms with van der Waals surface area (Å²) >= 11 is 0. The van der Waals surface area contributed by atoms with Crippen LogP contribution in [-0.4, -0.2) is 25.7 Å². The van der Waals surface area contributed by atoms with Gasteiger partial charge in [-0.05, 0) is 18.4 Å². The first kappa shape index (κ1) is 11.9. The summed E-state index contributed by atoms with van der Waals surface area (Å²) in [6.45, 7) is 4.17. The molecule has 1 aliphatic carbocycles. The second kappa shape index (κ2) is 4.73. The van der Waals surface area contributed by atoms with E-state index in [1.807, 2.05) is 6.08 Å². The minimum absolute atomic E-state index is 0.0478. The van der Waals surface area contributed by atoms with Crippen LogP contribution in [0.3, 0.4) is 0 Å². The van der Waals surface area contributed by atoms with Gasteiger partial charge in [0.05, 0.1) is 25.6 Å². The van der Waals surface area contributed by atoms with Crippen LogP contribution in [-0.2, 0) is 19.1 Å². The lowest BCUT2D eigenvalue weighted by atomic mass is 9.69. The van der Waals surface area contributed by atoms with Gasteiger partial charge in [0.25, 0.3) is 0 Å². The Hall–Kier alpha value is -1.58. The summed E-state index contributed by atoms with van der Waals surface area (Å²) in [6, 6.07) is 0. The maximum absolute atomic E-state index is 11.8. The number of hydrogen-bond acceptors (Lipinski definition) is 4. The fourth-order valence-corrected chi connectivity index (χ4v) is 2.74. The number of ether oxygens (including phenoxy) is 2. The van der Waals surface area contributed by atoms with Crippen molar-refractivity contribution in [2.24, 2.45) is 17.8 Å². The van der Waals surface area contributed by atoms with Crippen LogP contribution in [0.25, 0.3) is 0 Å². The first-order valence-electron chi connectivity index (χ1n) is 5.76. The quantitative estimate of drug-likeness (QED) is 0.681. The summed E-state index contributed by atoms with van der Waals surface area (Å²) in [5, 5.41) is 0. The molecule has 2 aliphatic rings. The van der Waals surface area contributed by atoms with Crippen molar-refractivity contribution in [1.82, 2.24) is 0 Å². The Morgan fingerprint density at radius 1 is 1.65 bits per heavy atom. The molecule has 0 aromatic rings. The lowest BCUT2D eigenvalue weighted by Gasteiger charge is -2.37. The molecule has 4 nitrogen and oxygen atoms in total. The fourth-order valence-electron chi connectivity index (χ4n) is 2.74. The average molecular weight is 236 g/mol. The Morgan fingerprint density at radius 2 is 2.41 bits per heavy atom. The van der Waals surface area contributed by atoms with E-state index in [-0.39, 0.29) is 17.9 Å². The van der Waals surface area contributed by atoms with Gasteiger partial charge in [-0.15, -0.1) is 0 Å². The number of allylic oxidation sites excluding steroid dienone is 3. The molecule has 3 atom stereocenters. The lowest BCUT2D eigenvalue weighted by Crippen LogP contribution is -2.43. The van der Waals surface area contributed by atoms with E-state index < -0.39 is 11.8 Å². The number of carbonyl (C=O) groups excluding carboxylic acids is 2. The molecule has 17 heavy (non-hydrogen) atoms. The molecule has 0 amide bonds. The molecule has 1 fully saturated rings. The van der Waals surface area contributed by atoms with Gasteiger partial charge in [-0.2, -0.15) is 0 Å². The second-order valence-corrected chi connectivity index (χ2v) is 4.36. The molecule has 2 rings (SSSR count). The predicted molar refractivity (Wildman–Crippen MR) is 61.0 cm³/mol. The van der Waals surface area contributed by atoms with E-state index in [0.29, 0.717) is 13.0 Å². The summed E-state index contributed by atoms with van der Waals surface area (Å²) < 4.78 is 9.81. The first-order valence-corrected chi connectivity index (χ1v) is 5.76. The van der Waals surface area contributed by atoms with Gasteiger partial charge in [-0.1, -0.05) is 18.7 Å². The largest absolute Gasteiger partial charge is 0.469 e. The van der Waals surface area contributed by atoms with Crippen molar-refractivity contribution < 1.29 is 19.1 Å². The van der Waals surface area contributed by atoms with Crippen molar-refractivity contribution in [3.8, 4) is 0 Å². The Kier molecular flexibility index (Phi) is 3.31. The standard InChI is InChI=1S/C13H16O4/c1-3-8-4-5-10(12(14)16-2)11-9(8)6-7-17-13(11)15/h3-4,9-11H,1,5-7H2,2H3/t9-,10-,11-/m1/s1. The maximum Gasteiger partial charge on any atom is 0.310 e. The number of hydrogen-bond donors (Lipinski definition) is 0. The van der Waals surface area contributed by atoms with Crippen LogP contribution in [0.15, 0.2) is 24.3 Å². The van der Waals surface area contributed by atoms with Crippen molar-refractivity contribution >= 4 is 11.9 Å². The first-order chi connectivity index (χ1) is 8.19. The highest BCUT2D eigenvalue weighted by molar-refractivity contribution is 5.84. The highest BCUT2D eigenvalue weighted by Gasteiger charge is 2.45. The summed E-state index contributed by atoms with van der Waals surface area (Å²) in [5.41, 5.74) is 1.05. The molecule has 0 spiro atoms. The summed E-state index contributed by atoms with van der Waals surface area (Å²) in [5.74, 6) is -1.40. The number of fused-ring (bicyclic) bond motifs is 1. The SMILES string of the molecule is C=CC1=CC[C@@H](C(=O)OC)[C@@H]2C(=O)OCC[C@H]12. The summed E-state index contributed by atoms with van der Waals surface area (Å²) in [6.07, 6.45) is 5.02. The molecule has 0 aromatic heterocycles. The van der Waals surface area contributed by atoms with E-state index in [4.69, 9.17) is 9.47 Å². The average Bonchev–Trinajstić information content (AvgIpc) is 2.37.